The van der Waals surface area contributed by atoms with Crippen LogP contribution in [0, 0.1) is 0 Å². The lowest BCUT2D eigenvalue weighted by atomic mass is 9.83. The Labute approximate surface area is 280 Å². The fourth-order valence-corrected chi connectivity index (χ4v) is 7.36. The Morgan fingerprint density at radius 1 is 0.250 bits per heavy atom. The van der Waals surface area contributed by atoms with Crippen LogP contribution in [0.1, 0.15) is 11.1 Å². The fourth-order valence-electron chi connectivity index (χ4n) is 7.36. The van der Waals surface area contributed by atoms with Gasteiger partial charge in [-0.1, -0.05) is 188 Å². The van der Waals surface area contributed by atoms with Crippen LogP contribution >= 0.6 is 0 Å². The standard InChI is InChI=1S/C48H32/c1-2-12-35(13-3-1)36-28-24-33(25-29-36)22-23-34-26-30-37(31-27-34)46-42-18-8-10-20-44(42)48(45-21-11-9-19-43(45)46)47-40-16-6-4-14-38(40)32-39-15-5-7-17-41(39)47/h1-32H. The minimum Gasteiger partial charge on any atom is -0.0622 e. The van der Waals surface area contributed by atoms with Gasteiger partial charge >= 0.3 is 0 Å². The van der Waals surface area contributed by atoms with E-state index in [0.717, 1.165) is 0 Å². The van der Waals surface area contributed by atoms with Gasteiger partial charge in [0, 0.05) is 0 Å². The van der Waals surface area contributed by atoms with Gasteiger partial charge in [0.1, 0.15) is 0 Å². The molecule has 0 atom stereocenters. The normalized spacial score (nSPS) is 11.7. The molecule has 0 aromatic heterocycles. The maximum absolute atomic E-state index is 2.32. The second-order valence-electron chi connectivity index (χ2n) is 12.5. The Kier molecular flexibility index (Phi) is 6.91. The van der Waals surface area contributed by atoms with Crippen molar-refractivity contribution in [2.24, 2.45) is 0 Å². The van der Waals surface area contributed by atoms with Gasteiger partial charge in [-0.2, -0.15) is 0 Å². The largest absolute Gasteiger partial charge is 0.0622 e. The third-order valence-electron chi connectivity index (χ3n) is 9.64. The summed E-state index contributed by atoms with van der Waals surface area (Å²) in [4.78, 5) is 0. The summed E-state index contributed by atoms with van der Waals surface area (Å²) < 4.78 is 0. The van der Waals surface area contributed by atoms with Gasteiger partial charge in [0.25, 0.3) is 0 Å². The van der Waals surface area contributed by atoms with Crippen molar-refractivity contribution >= 4 is 55.2 Å². The molecule has 9 aromatic carbocycles. The summed E-state index contributed by atoms with van der Waals surface area (Å²) in [5.41, 5.74) is 9.95. The highest BCUT2D eigenvalue weighted by molar-refractivity contribution is 6.27. The second kappa shape index (κ2) is 11.8. The third-order valence-corrected chi connectivity index (χ3v) is 9.64. The van der Waals surface area contributed by atoms with Gasteiger partial charge in [-0.3, -0.25) is 0 Å². The molecular weight excluding hydrogens is 577 g/mol. The number of benzene rings is 9. The molecule has 0 fully saturated rings. The van der Waals surface area contributed by atoms with Crippen molar-refractivity contribution in [3.05, 3.63) is 193 Å². The summed E-state index contributed by atoms with van der Waals surface area (Å²) in [7, 11) is 0. The lowest BCUT2D eigenvalue weighted by molar-refractivity contribution is 1.60. The Morgan fingerprint density at radius 3 is 1.10 bits per heavy atom. The SMILES string of the molecule is C(=Cc1ccc(-c2c3ccccc3c(-c3c4ccccc4cc4ccccc34)c3ccccc23)cc1)c1ccc(-c2ccccc2)cc1. The molecule has 224 valence electrons. The first kappa shape index (κ1) is 28.0. The Hall–Kier alpha value is -6.24. The van der Waals surface area contributed by atoms with E-state index in [2.05, 4.69) is 194 Å². The van der Waals surface area contributed by atoms with Crippen molar-refractivity contribution in [2.75, 3.05) is 0 Å². The number of hydrogen-bond acceptors (Lipinski definition) is 0. The molecule has 9 rings (SSSR count). The van der Waals surface area contributed by atoms with Crippen LogP contribution in [0.25, 0.3) is 88.6 Å². The van der Waals surface area contributed by atoms with Crippen LogP contribution in [0.4, 0.5) is 0 Å². The van der Waals surface area contributed by atoms with E-state index in [4.69, 9.17) is 0 Å². The molecule has 0 heteroatoms. The Morgan fingerprint density at radius 2 is 0.604 bits per heavy atom. The van der Waals surface area contributed by atoms with Crippen LogP contribution in [-0.2, 0) is 0 Å². The van der Waals surface area contributed by atoms with E-state index in [1.54, 1.807) is 0 Å². The molecule has 0 N–H and O–H groups in total. The van der Waals surface area contributed by atoms with Crippen molar-refractivity contribution in [1.82, 2.24) is 0 Å². The van der Waals surface area contributed by atoms with Crippen LogP contribution in [-0.4, -0.2) is 0 Å². The molecule has 0 unspecified atom stereocenters. The molecule has 0 radical (unpaired) electrons. The quantitative estimate of drug-likeness (QED) is 0.135. The second-order valence-corrected chi connectivity index (χ2v) is 12.5. The predicted molar refractivity (Wildman–Crippen MR) is 208 cm³/mol. The molecule has 0 saturated heterocycles. The van der Waals surface area contributed by atoms with Crippen LogP contribution in [0.15, 0.2) is 182 Å². The van der Waals surface area contributed by atoms with E-state index in [0.29, 0.717) is 0 Å². The average Bonchev–Trinajstić information content (AvgIpc) is 3.16. The summed E-state index contributed by atoms with van der Waals surface area (Å²) in [5, 5.41) is 10.2. The summed E-state index contributed by atoms with van der Waals surface area (Å²) in [6, 6.07) is 66.2. The molecule has 9 aromatic rings. The lowest BCUT2D eigenvalue weighted by Gasteiger charge is -2.20. The monoisotopic (exact) mass is 608 g/mol. The molecule has 0 aliphatic rings. The molecule has 0 heterocycles. The van der Waals surface area contributed by atoms with E-state index >= 15 is 0 Å². The van der Waals surface area contributed by atoms with Crippen molar-refractivity contribution in [1.29, 1.82) is 0 Å². The van der Waals surface area contributed by atoms with Gasteiger partial charge in [0.05, 0.1) is 0 Å². The molecule has 0 bridgehead atoms. The van der Waals surface area contributed by atoms with Gasteiger partial charge in [-0.25, -0.2) is 0 Å². The topological polar surface area (TPSA) is 0 Å². The molecular formula is C48H32. The molecule has 0 nitrogen and oxygen atoms in total. The van der Waals surface area contributed by atoms with E-state index < -0.39 is 0 Å². The van der Waals surface area contributed by atoms with Gasteiger partial charge in [-0.05, 0) is 93.7 Å². The summed E-state index contributed by atoms with van der Waals surface area (Å²) in [5.74, 6) is 0. The molecule has 0 aliphatic carbocycles. The van der Waals surface area contributed by atoms with Crippen LogP contribution in [0.2, 0.25) is 0 Å². The predicted octanol–water partition coefficient (Wildman–Crippen LogP) is 13.5. The first-order valence-corrected chi connectivity index (χ1v) is 16.6. The van der Waals surface area contributed by atoms with Crippen molar-refractivity contribution in [2.45, 2.75) is 0 Å². The fraction of sp³-hybridized carbons (Fsp3) is 0. The first-order chi connectivity index (χ1) is 23.8. The smallest absolute Gasteiger partial charge is 0.00139 e. The van der Waals surface area contributed by atoms with E-state index in [1.807, 2.05) is 0 Å². The van der Waals surface area contributed by atoms with Gasteiger partial charge in [-0.15, -0.1) is 0 Å². The van der Waals surface area contributed by atoms with Gasteiger partial charge < -0.3 is 0 Å². The van der Waals surface area contributed by atoms with E-state index in [-0.39, 0.29) is 0 Å². The van der Waals surface area contributed by atoms with Crippen LogP contribution < -0.4 is 0 Å². The number of rotatable bonds is 5. The van der Waals surface area contributed by atoms with Crippen LogP contribution in [0.5, 0.6) is 0 Å². The maximum atomic E-state index is 2.32. The average molecular weight is 609 g/mol. The lowest BCUT2D eigenvalue weighted by Crippen LogP contribution is -1.93. The molecule has 0 aliphatic heterocycles. The van der Waals surface area contributed by atoms with Gasteiger partial charge in [0.15, 0.2) is 0 Å². The highest BCUT2D eigenvalue weighted by Gasteiger charge is 2.19. The van der Waals surface area contributed by atoms with Crippen molar-refractivity contribution in [3.63, 3.8) is 0 Å². The van der Waals surface area contributed by atoms with Crippen molar-refractivity contribution < 1.29 is 0 Å². The third kappa shape index (κ3) is 4.87. The first-order valence-electron chi connectivity index (χ1n) is 16.6. The Bertz CT molecular complexity index is 2510. The zero-order chi connectivity index (χ0) is 31.9. The zero-order valence-corrected chi connectivity index (χ0v) is 26.5. The summed E-state index contributed by atoms with van der Waals surface area (Å²) in [6.07, 6.45) is 4.39. The summed E-state index contributed by atoms with van der Waals surface area (Å²) >= 11 is 0. The van der Waals surface area contributed by atoms with E-state index in [1.165, 1.54) is 87.6 Å². The zero-order valence-electron chi connectivity index (χ0n) is 26.5. The molecule has 0 amide bonds. The highest BCUT2D eigenvalue weighted by Crippen LogP contribution is 2.47. The molecule has 0 saturated carbocycles. The van der Waals surface area contributed by atoms with Crippen LogP contribution in [0.3, 0.4) is 0 Å². The van der Waals surface area contributed by atoms with Gasteiger partial charge in [0.2, 0.25) is 0 Å². The Balaban J connectivity index is 1.17. The minimum atomic E-state index is 1.18. The minimum absolute atomic E-state index is 1.18. The maximum Gasteiger partial charge on any atom is -0.00139 e. The van der Waals surface area contributed by atoms with E-state index in [9.17, 15) is 0 Å². The molecule has 0 spiro atoms. The summed E-state index contributed by atoms with van der Waals surface area (Å²) in [6.45, 7) is 0. The molecule has 48 heavy (non-hydrogen) atoms. The highest BCUT2D eigenvalue weighted by atomic mass is 14.2. The number of hydrogen-bond donors (Lipinski definition) is 0. The van der Waals surface area contributed by atoms with Crippen molar-refractivity contribution in [3.8, 4) is 33.4 Å². The number of fused-ring (bicyclic) bond motifs is 4.